The van der Waals surface area contributed by atoms with E-state index in [1.165, 1.54) is 12.1 Å². The highest BCUT2D eigenvalue weighted by Gasteiger charge is 2.28. The minimum Gasteiger partial charge on any atom is -0.385 e. The monoisotopic (exact) mass is 447 g/mol. The van der Waals surface area contributed by atoms with E-state index in [0.717, 1.165) is 12.8 Å². The van der Waals surface area contributed by atoms with Crippen LogP contribution < -0.4 is 14.9 Å². The number of morpholine rings is 1. The highest BCUT2D eigenvalue weighted by Crippen LogP contribution is 2.29. The van der Waals surface area contributed by atoms with Crippen molar-refractivity contribution < 1.29 is 21.9 Å². The first-order chi connectivity index (χ1) is 13.9. The van der Waals surface area contributed by atoms with Crippen molar-refractivity contribution in [2.45, 2.75) is 70.8 Å². The van der Waals surface area contributed by atoms with Gasteiger partial charge in [0.1, 0.15) is 5.69 Å². The van der Waals surface area contributed by atoms with Gasteiger partial charge in [0, 0.05) is 31.9 Å². The van der Waals surface area contributed by atoms with Crippen LogP contribution in [0.15, 0.2) is 12.1 Å². The summed E-state index contributed by atoms with van der Waals surface area (Å²) in [6, 6.07) is 2.64. The van der Waals surface area contributed by atoms with Crippen LogP contribution in [0.25, 0.3) is 0 Å². The lowest BCUT2D eigenvalue weighted by atomic mass is 10.1. The third-order valence-electron chi connectivity index (χ3n) is 5.03. The Labute approximate surface area is 179 Å². The zero-order valence-electron chi connectivity index (χ0n) is 18.6. The topological polar surface area (TPSA) is 70.7 Å². The summed E-state index contributed by atoms with van der Waals surface area (Å²) in [5, 5.41) is 3.04. The number of nitrogens with one attached hydrogen (secondary N) is 2. The molecule has 1 heterocycles. The quantitative estimate of drug-likeness (QED) is 0.562. The van der Waals surface area contributed by atoms with Gasteiger partial charge in [0.25, 0.3) is 0 Å². The molecule has 2 atom stereocenters. The van der Waals surface area contributed by atoms with Gasteiger partial charge in [-0.2, -0.15) is 0 Å². The summed E-state index contributed by atoms with van der Waals surface area (Å²) < 4.78 is 60.5. The van der Waals surface area contributed by atoms with Gasteiger partial charge in [-0.15, -0.1) is 0 Å². The number of rotatable bonds is 9. The fourth-order valence-electron chi connectivity index (χ4n) is 3.41. The molecular formula is C21H35F2N3O3S. The Morgan fingerprint density at radius 2 is 1.57 bits per heavy atom. The van der Waals surface area contributed by atoms with Crippen LogP contribution in [0.2, 0.25) is 0 Å². The summed E-state index contributed by atoms with van der Waals surface area (Å²) in [5.41, 5.74) is 0.394. The third kappa shape index (κ3) is 6.78. The minimum atomic E-state index is -3.32. The molecule has 0 aromatic heterocycles. The Morgan fingerprint density at radius 3 is 2.10 bits per heavy atom. The van der Waals surface area contributed by atoms with Crippen LogP contribution >= 0.6 is 0 Å². The number of benzene rings is 1. The van der Waals surface area contributed by atoms with Gasteiger partial charge in [-0.3, -0.25) is 0 Å². The Hall–Kier alpha value is -1.45. The van der Waals surface area contributed by atoms with Crippen molar-refractivity contribution in [2.75, 3.05) is 36.4 Å². The van der Waals surface area contributed by atoms with E-state index in [1.54, 1.807) is 25.7 Å². The molecule has 0 amide bonds. The van der Waals surface area contributed by atoms with Crippen LogP contribution in [0.5, 0.6) is 0 Å². The molecule has 1 aromatic carbocycles. The van der Waals surface area contributed by atoms with Gasteiger partial charge in [0.05, 0.1) is 17.0 Å². The first-order valence-electron chi connectivity index (χ1n) is 10.5. The molecule has 1 aliphatic heterocycles. The molecule has 2 N–H and O–H groups in total. The number of hydrogen-bond donors (Lipinski definition) is 2. The molecule has 0 bridgehead atoms. The molecule has 6 nitrogen and oxygen atoms in total. The highest BCUT2D eigenvalue weighted by molar-refractivity contribution is 7.90. The second-order valence-electron chi connectivity index (χ2n) is 8.95. The molecule has 0 spiro atoms. The van der Waals surface area contributed by atoms with Crippen LogP contribution in [0, 0.1) is 11.6 Å². The van der Waals surface area contributed by atoms with Gasteiger partial charge < -0.3 is 15.0 Å². The van der Waals surface area contributed by atoms with Gasteiger partial charge in [-0.1, -0.05) is 6.42 Å². The largest absolute Gasteiger partial charge is 0.385 e. The second-order valence-corrected chi connectivity index (χ2v) is 11.5. The zero-order valence-corrected chi connectivity index (χ0v) is 19.4. The molecule has 1 saturated heterocycles. The van der Waals surface area contributed by atoms with Crippen molar-refractivity contribution in [3.8, 4) is 0 Å². The van der Waals surface area contributed by atoms with E-state index in [4.69, 9.17) is 4.74 Å². The van der Waals surface area contributed by atoms with Gasteiger partial charge in [0.15, 0.2) is 11.6 Å². The Bertz CT molecular complexity index is 779. The molecule has 0 radical (unpaired) electrons. The molecule has 172 valence electrons. The van der Waals surface area contributed by atoms with Crippen molar-refractivity contribution in [1.29, 1.82) is 0 Å². The van der Waals surface area contributed by atoms with Crippen molar-refractivity contribution in [3.63, 3.8) is 0 Å². The Kier molecular flexibility index (Phi) is 8.47. The third-order valence-corrected chi connectivity index (χ3v) is 7.23. The fourth-order valence-corrected chi connectivity index (χ4v) is 4.26. The lowest BCUT2D eigenvalue weighted by Crippen LogP contribution is -2.46. The zero-order chi connectivity index (χ0) is 22.5. The van der Waals surface area contributed by atoms with Crippen molar-refractivity contribution in [3.05, 3.63) is 23.8 Å². The summed E-state index contributed by atoms with van der Waals surface area (Å²) in [6.45, 7) is 10.6. The van der Waals surface area contributed by atoms with Crippen LogP contribution in [0.3, 0.4) is 0 Å². The SMILES string of the molecule is C[C@@H]1CN(c2c(F)cc(NCCCCCNS(=O)(=O)C(C)(C)C)cc2F)C[C@H](C)O1. The number of hydrogen-bond acceptors (Lipinski definition) is 5. The number of unbranched alkanes of at least 4 members (excludes halogenated alkanes) is 2. The lowest BCUT2D eigenvalue weighted by Gasteiger charge is -2.37. The number of halogens is 2. The summed E-state index contributed by atoms with van der Waals surface area (Å²) >= 11 is 0. The molecule has 0 aliphatic carbocycles. The summed E-state index contributed by atoms with van der Waals surface area (Å²) in [4.78, 5) is 1.70. The van der Waals surface area contributed by atoms with Crippen LogP contribution in [-0.2, 0) is 14.8 Å². The van der Waals surface area contributed by atoms with Crippen LogP contribution in [-0.4, -0.2) is 51.6 Å². The maximum Gasteiger partial charge on any atom is 0.216 e. The first kappa shape index (κ1) is 24.8. The average Bonchev–Trinajstić information content (AvgIpc) is 2.58. The average molecular weight is 448 g/mol. The van der Waals surface area contributed by atoms with E-state index < -0.39 is 26.4 Å². The molecule has 0 unspecified atom stereocenters. The molecule has 1 fully saturated rings. The number of anilines is 2. The van der Waals surface area contributed by atoms with Crippen molar-refractivity contribution in [1.82, 2.24) is 4.72 Å². The molecule has 1 aromatic rings. The standard InChI is InChI=1S/C21H35F2N3O3S/c1-15-13-26(14-16(2)29-15)20-18(22)11-17(12-19(20)23)24-9-7-6-8-10-25-30(27,28)21(3,4)5/h11-12,15-16,24-25H,6-10,13-14H2,1-5H3/t15-,16+. The van der Waals surface area contributed by atoms with Crippen LogP contribution in [0.4, 0.5) is 20.2 Å². The molecular weight excluding hydrogens is 412 g/mol. The maximum atomic E-state index is 14.6. The molecule has 1 aliphatic rings. The maximum absolute atomic E-state index is 14.6. The number of ether oxygens (including phenoxy) is 1. The van der Waals surface area contributed by atoms with Gasteiger partial charge in [-0.25, -0.2) is 21.9 Å². The van der Waals surface area contributed by atoms with Crippen LogP contribution in [0.1, 0.15) is 53.9 Å². The number of sulfonamides is 1. The first-order valence-corrected chi connectivity index (χ1v) is 12.0. The lowest BCUT2D eigenvalue weighted by molar-refractivity contribution is -0.00557. The van der Waals surface area contributed by atoms with E-state index in [1.807, 2.05) is 13.8 Å². The van der Waals surface area contributed by atoms with E-state index in [9.17, 15) is 17.2 Å². The van der Waals surface area contributed by atoms with E-state index in [2.05, 4.69) is 10.0 Å². The van der Waals surface area contributed by atoms with Gasteiger partial charge in [0.2, 0.25) is 10.0 Å². The van der Waals surface area contributed by atoms with Gasteiger partial charge in [-0.05, 0) is 59.6 Å². The second kappa shape index (κ2) is 10.2. The predicted octanol–water partition coefficient (Wildman–Crippen LogP) is 3.88. The molecule has 0 saturated carbocycles. The minimum absolute atomic E-state index is 0.00585. The smallest absolute Gasteiger partial charge is 0.216 e. The van der Waals surface area contributed by atoms with Gasteiger partial charge >= 0.3 is 0 Å². The normalized spacial score (nSPS) is 20.4. The summed E-state index contributed by atoms with van der Waals surface area (Å²) in [6.07, 6.45) is 2.09. The Balaban J connectivity index is 1.79. The van der Waals surface area contributed by atoms with E-state index >= 15 is 0 Å². The molecule has 30 heavy (non-hydrogen) atoms. The summed E-state index contributed by atoms with van der Waals surface area (Å²) in [5.74, 6) is -1.18. The number of nitrogens with zero attached hydrogens (tertiary/aromatic N) is 1. The van der Waals surface area contributed by atoms with E-state index in [0.29, 0.717) is 38.3 Å². The molecule has 9 heteroatoms. The van der Waals surface area contributed by atoms with Crippen molar-refractivity contribution >= 4 is 21.4 Å². The highest BCUT2D eigenvalue weighted by atomic mass is 32.2. The fraction of sp³-hybridized carbons (Fsp3) is 0.714. The molecule has 2 rings (SSSR count). The van der Waals surface area contributed by atoms with Crippen molar-refractivity contribution in [2.24, 2.45) is 0 Å². The predicted molar refractivity (Wildman–Crippen MR) is 118 cm³/mol. The van der Waals surface area contributed by atoms with E-state index in [-0.39, 0.29) is 17.9 Å². The Morgan fingerprint density at radius 1 is 1.03 bits per heavy atom. The summed E-state index contributed by atoms with van der Waals surface area (Å²) in [7, 11) is -3.32.